The topological polar surface area (TPSA) is 107 Å². The number of para-hydroxylation sites is 1. The van der Waals surface area contributed by atoms with Crippen LogP contribution in [0.5, 0.6) is 0 Å². The maximum atomic E-state index is 13.6. The van der Waals surface area contributed by atoms with E-state index in [-0.39, 0.29) is 30.7 Å². The van der Waals surface area contributed by atoms with Crippen LogP contribution in [0.15, 0.2) is 57.9 Å². The molecule has 3 amide bonds. The summed E-state index contributed by atoms with van der Waals surface area (Å²) < 4.78 is 1.26. The van der Waals surface area contributed by atoms with Gasteiger partial charge in [-0.1, -0.05) is 103 Å². The number of carboxylic acids is 1. The molecule has 0 radical (unpaired) electrons. The van der Waals surface area contributed by atoms with Gasteiger partial charge in [-0.2, -0.15) is 0 Å². The smallest absolute Gasteiger partial charge is 0.303 e. The Labute approximate surface area is 257 Å². The fourth-order valence-electron chi connectivity index (χ4n) is 4.92. The van der Waals surface area contributed by atoms with Crippen LogP contribution in [0.2, 0.25) is 0 Å². The zero-order valence-electron chi connectivity index (χ0n) is 22.6. The number of aliphatic carboxylic acids is 1. The van der Waals surface area contributed by atoms with Crippen LogP contribution in [-0.2, 0) is 19.2 Å². The van der Waals surface area contributed by atoms with Crippen LogP contribution in [0.25, 0.3) is 5.57 Å². The molecule has 0 saturated carbocycles. The molecule has 11 heteroatoms. The van der Waals surface area contributed by atoms with Gasteiger partial charge in [0.2, 0.25) is 5.91 Å². The summed E-state index contributed by atoms with van der Waals surface area (Å²) in [6, 6.07) is 14.4. The van der Waals surface area contributed by atoms with Crippen molar-refractivity contribution in [2.24, 2.45) is 0 Å². The highest BCUT2D eigenvalue weighted by Crippen LogP contribution is 2.44. The zero-order chi connectivity index (χ0) is 29.4. The molecule has 1 fully saturated rings. The van der Waals surface area contributed by atoms with Gasteiger partial charge in [-0.3, -0.25) is 29.0 Å². The number of halogens is 1. The Kier molecular flexibility index (Phi) is 11.1. The lowest BCUT2D eigenvalue weighted by atomic mass is 10.1. The summed E-state index contributed by atoms with van der Waals surface area (Å²) >= 11 is 10.1. The van der Waals surface area contributed by atoms with Gasteiger partial charge in [0.1, 0.15) is 10.9 Å². The second-order valence-electron chi connectivity index (χ2n) is 9.97. The molecule has 2 N–H and O–H groups in total. The highest BCUT2D eigenvalue weighted by molar-refractivity contribution is 9.10. The maximum absolute atomic E-state index is 13.6. The zero-order valence-corrected chi connectivity index (χ0v) is 25.8. The number of amides is 3. The highest BCUT2D eigenvalue weighted by Gasteiger charge is 2.42. The van der Waals surface area contributed by atoms with Gasteiger partial charge in [-0.05, 0) is 37.1 Å². The lowest BCUT2D eigenvalue weighted by Gasteiger charge is -2.17. The number of thioether (sulfide) groups is 1. The predicted molar refractivity (Wildman–Crippen MR) is 170 cm³/mol. The first-order chi connectivity index (χ1) is 19.8. The Morgan fingerprint density at radius 2 is 1.56 bits per heavy atom. The van der Waals surface area contributed by atoms with E-state index in [2.05, 4.69) is 21.2 Å². The van der Waals surface area contributed by atoms with Gasteiger partial charge < -0.3 is 10.4 Å². The molecule has 41 heavy (non-hydrogen) atoms. The molecule has 2 heterocycles. The van der Waals surface area contributed by atoms with E-state index in [9.17, 15) is 19.2 Å². The van der Waals surface area contributed by atoms with E-state index in [0.717, 1.165) is 67.6 Å². The van der Waals surface area contributed by atoms with E-state index in [1.807, 2.05) is 18.2 Å². The number of nitrogens with zero attached hydrogens (tertiary/aromatic N) is 2. The summed E-state index contributed by atoms with van der Waals surface area (Å²) in [6.45, 7) is 0.306. The molecule has 0 spiro atoms. The number of thiocarbonyl (C=S) groups is 1. The molecule has 2 aromatic rings. The van der Waals surface area contributed by atoms with Gasteiger partial charge in [0.15, 0.2) is 0 Å². The molecule has 0 aromatic heterocycles. The predicted octanol–water partition coefficient (Wildman–Crippen LogP) is 6.60. The van der Waals surface area contributed by atoms with Crippen molar-refractivity contribution in [3.05, 3.63) is 63.5 Å². The lowest BCUT2D eigenvalue weighted by molar-refractivity contribution is -0.137. The van der Waals surface area contributed by atoms with Crippen molar-refractivity contribution < 1.29 is 24.3 Å². The number of anilines is 2. The van der Waals surface area contributed by atoms with E-state index in [4.69, 9.17) is 17.3 Å². The van der Waals surface area contributed by atoms with Gasteiger partial charge in [0.25, 0.3) is 11.8 Å². The van der Waals surface area contributed by atoms with Crippen LogP contribution in [0.1, 0.15) is 63.4 Å². The van der Waals surface area contributed by atoms with E-state index in [1.165, 1.54) is 4.90 Å². The number of fused-ring (bicyclic) bond motifs is 1. The van der Waals surface area contributed by atoms with Gasteiger partial charge in [-0.15, -0.1) is 0 Å². The first-order valence-corrected chi connectivity index (χ1v) is 15.7. The van der Waals surface area contributed by atoms with Gasteiger partial charge >= 0.3 is 5.97 Å². The number of benzene rings is 2. The van der Waals surface area contributed by atoms with Crippen LogP contribution < -0.4 is 10.2 Å². The van der Waals surface area contributed by atoms with Crippen molar-refractivity contribution in [1.82, 2.24) is 4.90 Å². The molecule has 0 atom stereocenters. The summed E-state index contributed by atoms with van der Waals surface area (Å²) in [7, 11) is 0. The Morgan fingerprint density at radius 3 is 2.27 bits per heavy atom. The molecule has 0 bridgehead atoms. The minimum absolute atomic E-state index is 0.189. The quantitative estimate of drug-likeness (QED) is 0.134. The minimum atomic E-state index is -0.741. The van der Waals surface area contributed by atoms with Gasteiger partial charge in [-0.25, -0.2) is 0 Å². The fourth-order valence-corrected chi connectivity index (χ4v) is 6.70. The molecule has 0 aliphatic carbocycles. The molecule has 4 rings (SSSR count). The van der Waals surface area contributed by atoms with Crippen LogP contribution >= 0.6 is 39.9 Å². The largest absolute Gasteiger partial charge is 0.481 e. The molecular weight excluding hydrogens is 626 g/mol. The van der Waals surface area contributed by atoms with E-state index >= 15 is 0 Å². The van der Waals surface area contributed by atoms with Crippen LogP contribution in [0, 0.1) is 0 Å². The van der Waals surface area contributed by atoms with E-state index < -0.39 is 5.97 Å². The van der Waals surface area contributed by atoms with Crippen molar-refractivity contribution in [3.8, 4) is 0 Å². The van der Waals surface area contributed by atoms with Crippen LogP contribution in [0.3, 0.4) is 0 Å². The highest BCUT2D eigenvalue weighted by atomic mass is 79.9. The number of carbonyl (C=O) groups is 4. The maximum Gasteiger partial charge on any atom is 0.303 e. The Hall–Kier alpha value is -3.02. The van der Waals surface area contributed by atoms with Crippen molar-refractivity contribution >= 4 is 84.9 Å². The fraction of sp³-hybridized carbons (Fsp3) is 0.367. The van der Waals surface area contributed by atoms with Gasteiger partial charge in [0.05, 0.1) is 16.2 Å². The van der Waals surface area contributed by atoms with Crippen LogP contribution in [-0.4, -0.2) is 51.1 Å². The van der Waals surface area contributed by atoms with Crippen molar-refractivity contribution in [3.63, 3.8) is 0 Å². The number of unbranched alkanes of at least 4 members (excludes halogenated alkanes) is 7. The first kappa shape index (κ1) is 30.9. The molecular formula is C30H32BrN3O5S2. The Bertz CT molecular complexity index is 1380. The molecule has 1 saturated heterocycles. The number of carbonyl (C=O) groups excluding carboxylic acids is 3. The molecule has 2 aliphatic rings. The molecule has 216 valence electrons. The average molecular weight is 659 g/mol. The standard InChI is InChI=1S/C30H32BrN3O5S2/c31-20-12-11-13-21(18-20)32-24(35)19-34-23-15-9-8-14-22(23)26(28(34)38)27-29(39)33(30(40)41-27)17-10-6-4-2-1-3-5-7-16-25(36)37/h8-9,11-15,18H,1-7,10,16-17,19H2,(H,32,35)(H,36,37)/b27-26-. The molecule has 8 nitrogen and oxygen atoms in total. The SMILES string of the molecule is O=C(O)CCCCCCCCCCN1C(=O)/C(=C2/C(=O)N(CC(=O)Nc3cccc(Br)c3)c3ccccc32)SC1=S. The second-order valence-corrected chi connectivity index (χ2v) is 12.5. The lowest BCUT2D eigenvalue weighted by Crippen LogP contribution is -2.35. The second kappa shape index (κ2) is 14.7. The van der Waals surface area contributed by atoms with E-state index in [1.54, 1.807) is 35.2 Å². The minimum Gasteiger partial charge on any atom is -0.481 e. The summed E-state index contributed by atoms with van der Waals surface area (Å²) in [5.41, 5.74) is 2.11. The number of hydrogen-bond donors (Lipinski definition) is 2. The average Bonchev–Trinajstić information content (AvgIpc) is 3.36. The van der Waals surface area contributed by atoms with Crippen molar-refractivity contribution in [2.75, 3.05) is 23.3 Å². The third-order valence-corrected chi connectivity index (χ3v) is 8.87. The summed E-state index contributed by atoms with van der Waals surface area (Å²) in [5, 5.41) is 11.5. The van der Waals surface area contributed by atoms with Crippen molar-refractivity contribution in [1.29, 1.82) is 0 Å². The third kappa shape index (κ3) is 8.05. The molecule has 2 aromatic carbocycles. The van der Waals surface area contributed by atoms with E-state index in [0.29, 0.717) is 38.3 Å². The van der Waals surface area contributed by atoms with Gasteiger partial charge in [0, 0.05) is 28.7 Å². The summed E-state index contributed by atoms with van der Waals surface area (Å²) in [5.74, 6) is -1.74. The van der Waals surface area contributed by atoms with Crippen LogP contribution in [0.4, 0.5) is 11.4 Å². The Morgan fingerprint density at radius 1 is 0.878 bits per heavy atom. The molecule has 0 unspecified atom stereocenters. The monoisotopic (exact) mass is 657 g/mol. The van der Waals surface area contributed by atoms with Crippen molar-refractivity contribution in [2.45, 2.75) is 57.8 Å². The number of hydrogen-bond acceptors (Lipinski definition) is 6. The number of carboxylic acid groups (broad SMARTS) is 1. The Balaban J connectivity index is 1.35. The number of rotatable bonds is 14. The molecule has 2 aliphatic heterocycles. The normalized spacial score (nSPS) is 16.5. The summed E-state index contributed by atoms with van der Waals surface area (Å²) in [6.07, 6.45) is 7.89. The number of nitrogens with one attached hydrogen (secondary N) is 1. The third-order valence-electron chi connectivity index (χ3n) is 6.93. The summed E-state index contributed by atoms with van der Waals surface area (Å²) in [4.78, 5) is 53.8. The first-order valence-electron chi connectivity index (χ1n) is 13.7.